The van der Waals surface area contributed by atoms with E-state index in [9.17, 15) is 14.4 Å². The molecule has 0 aliphatic carbocycles. The van der Waals surface area contributed by atoms with E-state index in [0.29, 0.717) is 60.9 Å². The van der Waals surface area contributed by atoms with Crippen molar-refractivity contribution in [1.29, 1.82) is 0 Å². The molecule has 2 heterocycles. The van der Waals surface area contributed by atoms with Crippen LogP contribution >= 0.6 is 34.5 Å². The Kier molecular flexibility index (Phi) is 12.4. The fraction of sp³-hybridized carbons (Fsp3) is 0.263. The number of carbonyl (C=O) groups excluding carboxylic acids is 2. The van der Waals surface area contributed by atoms with Crippen molar-refractivity contribution in [2.75, 3.05) is 26.9 Å². The van der Waals surface area contributed by atoms with Crippen LogP contribution in [-0.4, -0.2) is 43.4 Å². The summed E-state index contributed by atoms with van der Waals surface area (Å²) < 4.78 is 29.6. The standard InChI is InChI=1S/C38H36Cl2N2O8S/c1-6-9-24-16-23(10-14-29(24)49-20-26-11-13-27(39)19-28(26)40)17-32-36(44)42-35(34(37(45)48-8-3)22(4)41-38(42)51-32)25-12-15-30(31(18-25)47-7-2)50-21-33(43)46-5/h6,10-19,35H,1,7-9,20-21H2,2-5H3/b32-17-/t35-/m0/s1. The first kappa shape index (κ1) is 37.4. The topological polar surface area (TPSA) is 115 Å². The third kappa shape index (κ3) is 8.56. The predicted molar refractivity (Wildman–Crippen MR) is 197 cm³/mol. The van der Waals surface area contributed by atoms with Crippen molar-refractivity contribution in [2.24, 2.45) is 4.99 Å². The van der Waals surface area contributed by atoms with Crippen LogP contribution in [-0.2, 0) is 32.1 Å². The van der Waals surface area contributed by atoms with Crippen molar-refractivity contribution < 1.29 is 33.3 Å². The van der Waals surface area contributed by atoms with Crippen molar-refractivity contribution in [1.82, 2.24) is 4.57 Å². The molecule has 0 N–H and O–H groups in total. The van der Waals surface area contributed by atoms with Gasteiger partial charge in [0, 0.05) is 15.6 Å². The minimum atomic E-state index is -0.886. The van der Waals surface area contributed by atoms with Gasteiger partial charge in [0.1, 0.15) is 12.4 Å². The first-order chi connectivity index (χ1) is 24.6. The second kappa shape index (κ2) is 16.9. The Morgan fingerprint density at radius 1 is 0.961 bits per heavy atom. The van der Waals surface area contributed by atoms with Gasteiger partial charge in [-0.2, -0.15) is 0 Å². The lowest BCUT2D eigenvalue weighted by molar-refractivity contribution is -0.143. The number of hydrogen-bond acceptors (Lipinski definition) is 10. The number of methoxy groups -OCH3 is 1. The summed E-state index contributed by atoms with van der Waals surface area (Å²) in [4.78, 5) is 44.5. The average molecular weight is 752 g/mol. The maximum atomic E-state index is 14.3. The molecule has 0 saturated carbocycles. The van der Waals surface area contributed by atoms with Gasteiger partial charge in [0.25, 0.3) is 5.56 Å². The zero-order valence-electron chi connectivity index (χ0n) is 28.5. The molecule has 0 bridgehead atoms. The van der Waals surface area contributed by atoms with Gasteiger partial charge in [-0.1, -0.05) is 58.8 Å². The van der Waals surface area contributed by atoms with Crippen molar-refractivity contribution in [2.45, 2.75) is 39.8 Å². The molecule has 266 valence electrons. The lowest BCUT2D eigenvalue weighted by atomic mass is 9.95. The fourth-order valence-electron chi connectivity index (χ4n) is 5.48. The van der Waals surface area contributed by atoms with Crippen LogP contribution < -0.4 is 29.1 Å². The van der Waals surface area contributed by atoms with E-state index in [0.717, 1.165) is 16.7 Å². The van der Waals surface area contributed by atoms with Gasteiger partial charge in [-0.3, -0.25) is 9.36 Å². The van der Waals surface area contributed by atoms with Crippen LogP contribution in [0.4, 0.5) is 0 Å². The molecule has 51 heavy (non-hydrogen) atoms. The molecule has 13 heteroatoms. The van der Waals surface area contributed by atoms with Crippen LogP contribution in [0.3, 0.4) is 0 Å². The summed E-state index contributed by atoms with van der Waals surface area (Å²) in [5, 5.41) is 1.05. The molecule has 10 nitrogen and oxygen atoms in total. The second-order valence-corrected chi connectivity index (χ2v) is 13.0. The van der Waals surface area contributed by atoms with E-state index >= 15 is 0 Å². The van der Waals surface area contributed by atoms with Gasteiger partial charge in [-0.25, -0.2) is 14.6 Å². The minimum Gasteiger partial charge on any atom is -0.490 e. The van der Waals surface area contributed by atoms with E-state index in [1.165, 1.54) is 23.0 Å². The summed E-state index contributed by atoms with van der Waals surface area (Å²) in [5.41, 5.74) is 3.28. The Labute approximate surface area is 308 Å². The maximum Gasteiger partial charge on any atom is 0.343 e. The van der Waals surface area contributed by atoms with Crippen LogP contribution in [0.2, 0.25) is 10.0 Å². The third-order valence-electron chi connectivity index (χ3n) is 7.82. The molecule has 0 unspecified atom stereocenters. The van der Waals surface area contributed by atoms with E-state index in [4.69, 9.17) is 46.9 Å². The molecule has 0 saturated heterocycles. The quantitative estimate of drug-likeness (QED) is 0.108. The van der Waals surface area contributed by atoms with Gasteiger partial charge < -0.3 is 23.7 Å². The number of allylic oxidation sites excluding steroid dienone is 2. The second-order valence-electron chi connectivity index (χ2n) is 11.2. The zero-order valence-corrected chi connectivity index (χ0v) is 30.8. The number of esters is 2. The smallest absolute Gasteiger partial charge is 0.343 e. The van der Waals surface area contributed by atoms with Crippen molar-refractivity contribution >= 4 is 52.6 Å². The molecule has 1 aromatic heterocycles. The van der Waals surface area contributed by atoms with Gasteiger partial charge in [0.05, 0.1) is 42.2 Å². The molecule has 1 atom stereocenters. The van der Waals surface area contributed by atoms with Crippen LogP contribution in [0.5, 0.6) is 17.2 Å². The molecule has 0 radical (unpaired) electrons. The maximum absolute atomic E-state index is 14.3. The van der Waals surface area contributed by atoms with E-state index in [1.807, 2.05) is 31.2 Å². The number of halogens is 2. The molecule has 4 aromatic rings. The molecule has 5 rings (SSSR count). The molecule has 0 spiro atoms. The average Bonchev–Trinajstić information content (AvgIpc) is 3.40. The number of carbonyl (C=O) groups is 2. The summed E-state index contributed by atoms with van der Waals surface area (Å²) in [6.07, 6.45) is 4.08. The molecular weight excluding hydrogens is 715 g/mol. The summed E-state index contributed by atoms with van der Waals surface area (Å²) in [7, 11) is 1.27. The Hall–Kier alpha value is -4.84. The van der Waals surface area contributed by atoms with Gasteiger partial charge >= 0.3 is 11.9 Å². The lowest BCUT2D eigenvalue weighted by Gasteiger charge is -2.25. The van der Waals surface area contributed by atoms with Crippen LogP contribution in [0, 0.1) is 0 Å². The summed E-state index contributed by atoms with van der Waals surface area (Å²) in [6.45, 7) is 9.47. The Balaban J connectivity index is 1.57. The normalized spacial score (nSPS) is 14.0. The number of aromatic nitrogens is 1. The Morgan fingerprint density at radius 3 is 2.45 bits per heavy atom. The van der Waals surface area contributed by atoms with Crippen molar-refractivity contribution in [3.8, 4) is 17.2 Å². The molecule has 1 aliphatic heterocycles. The highest BCUT2D eigenvalue weighted by molar-refractivity contribution is 7.07. The lowest BCUT2D eigenvalue weighted by Crippen LogP contribution is -2.40. The zero-order chi connectivity index (χ0) is 36.7. The largest absolute Gasteiger partial charge is 0.490 e. The van der Waals surface area contributed by atoms with Gasteiger partial charge in [-0.05, 0) is 86.4 Å². The summed E-state index contributed by atoms with van der Waals surface area (Å²) >= 11 is 13.6. The van der Waals surface area contributed by atoms with Crippen LogP contribution in [0.25, 0.3) is 6.08 Å². The molecule has 3 aromatic carbocycles. The number of hydrogen-bond donors (Lipinski definition) is 0. The van der Waals surface area contributed by atoms with E-state index in [-0.39, 0.29) is 31.0 Å². The first-order valence-corrected chi connectivity index (χ1v) is 17.6. The minimum absolute atomic E-state index is 0.136. The Bertz CT molecular complexity index is 2190. The molecule has 0 amide bonds. The number of thiazole rings is 1. The van der Waals surface area contributed by atoms with E-state index < -0.39 is 18.0 Å². The fourth-order valence-corrected chi connectivity index (χ4v) is 6.99. The highest BCUT2D eigenvalue weighted by Gasteiger charge is 2.34. The molecule has 0 fully saturated rings. The van der Waals surface area contributed by atoms with E-state index in [1.54, 1.807) is 56.3 Å². The first-order valence-electron chi connectivity index (χ1n) is 16.0. The monoisotopic (exact) mass is 750 g/mol. The number of benzene rings is 3. The van der Waals surface area contributed by atoms with Gasteiger partial charge in [-0.15, -0.1) is 6.58 Å². The highest BCUT2D eigenvalue weighted by atomic mass is 35.5. The van der Waals surface area contributed by atoms with Crippen LogP contribution in [0.1, 0.15) is 49.1 Å². The van der Waals surface area contributed by atoms with Crippen molar-refractivity contribution in [3.05, 3.63) is 131 Å². The van der Waals surface area contributed by atoms with Gasteiger partial charge in [0.15, 0.2) is 22.9 Å². The van der Waals surface area contributed by atoms with Gasteiger partial charge in [0.2, 0.25) is 0 Å². The van der Waals surface area contributed by atoms with Crippen LogP contribution in [0.15, 0.2) is 88.3 Å². The Morgan fingerprint density at radius 2 is 1.75 bits per heavy atom. The summed E-state index contributed by atoms with van der Waals surface area (Å²) in [5.74, 6) is 0.133. The summed E-state index contributed by atoms with van der Waals surface area (Å²) in [6, 6.07) is 15.0. The molecule has 1 aliphatic rings. The highest BCUT2D eigenvalue weighted by Crippen LogP contribution is 2.36. The van der Waals surface area contributed by atoms with E-state index in [2.05, 4.69) is 11.6 Å². The predicted octanol–water partition coefficient (Wildman–Crippen LogP) is 6.36. The number of nitrogens with zero attached hydrogens (tertiary/aromatic N) is 2. The number of ether oxygens (including phenoxy) is 5. The van der Waals surface area contributed by atoms with Crippen molar-refractivity contribution in [3.63, 3.8) is 0 Å². The number of fused-ring (bicyclic) bond motifs is 1. The third-order valence-corrected chi connectivity index (χ3v) is 9.39. The SMILES string of the molecule is C=CCc1cc(/C=c2\sc3n(c2=O)[C@@H](c2ccc(OCC(=O)OC)c(OCC)c2)C(C(=O)OCC)=C(C)N=3)ccc1OCc1ccc(Cl)cc1Cl. The number of rotatable bonds is 14. The molecular formula is C38H36Cl2N2O8S.